The molecule has 0 rings (SSSR count). The van der Waals surface area contributed by atoms with Crippen LogP contribution < -0.4 is 0 Å². The summed E-state index contributed by atoms with van der Waals surface area (Å²) in [5, 5.41) is 0. The molecular formula is AlCrFeMoSi. The predicted molar refractivity (Wildman–Crippen MR) is 11.5 cm³/mol. The van der Waals surface area contributed by atoms with E-state index in [9.17, 15) is 0 Å². The number of hydrogen-bond donors (Lipinski definition) is 0. The van der Waals surface area contributed by atoms with E-state index < -0.39 is 0 Å². The van der Waals surface area contributed by atoms with Crippen LogP contribution in [0.15, 0.2) is 0 Å². The van der Waals surface area contributed by atoms with E-state index in [0.717, 1.165) is 0 Å². The minimum atomic E-state index is 0. The van der Waals surface area contributed by atoms with Crippen LogP contribution in [0.2, 0.25) is 0 Å². The molecule has 0 unspecified atom stereocenters. The summed E-state index contributed by atoms with van der Waals surface area (Å²) in [6.45, 7) is 0. The maximum absolute atomic E-state index is 0. The maximum Gasteiger partial charge on any atom is 0 e. The molecule has 0 saturated carbocycles. The summed E-state index contributed by atoms with van der Waals surface area (Å²) in [7, 11) is 0. The topological polar surface area (TPSA) is 0 Å². The van der Waals surface area contributed by atoms with Crippen molar-refractivity contribution < 1.29 is 55.5 Å². The van der Waals surface area contributed by atoms with Crippen LogP contribution in [0.3, 0.4) is 0 Å². The molecular weight excluding hydrogens is 259 g/mol. The van der Waals surface area contributed by atoms with E-state index in [4.69, 9.17) is 0 Å². The van der Waals surface area contributed by atoms with Gasteiger partial charge in [-0.3, -0.25) is 0 Å². The first-order valence-electron chi connectivity index (χ1n) is 0. The van der Waals surface area contributed by atoms with Crippen LogP contribution in [-0.2, 0) is 55.5 Å². The van der Waals surface area contributed by atoms with Gasteiger partial charge in [-0.25, -0.2) is 0 Å². The molecule has 5 heavy (non-hydrogen) atoms. The first-order chi connectivity index (χ1) is 0. The molecule has 0 aromatic heterocycles. The molecule has 0 heterocycles. The van der Waals surface area contributed by atoms with E-state index in [1.54, 1.807) is 0 Å². The monoisotopic (exact) mass is 261 g/mol. The van der Waals surface area contributed by atoms with Crippen LogP contribution in [-0.4, -0.2) is 28.3 Å². The minimum absolute atomic E-state index is 0. The van der Waals surface area contributed by atoms with Gasteiger partial charge in [-0.05, 0) is 0 Å². The van der Waals surface area contributed by atoms with E-state index >= 15 is 0 Å². The normalized spacial score (nSPS) is 0. The van der Waals surface area contributed by atoms with Crippen LogP contribution in [0.1, 0.15) is 0 Å². The van der Waals surface area contributed by atoms with Gasteiger partial charge in [-0.1, -0.05) is 0 Å². The maximum atomic E-state index is 0. The first-order valence-corrected chi connectivity index (χ1v) is 0. The molecule has 0 aromatic rings. The molecule has 0 atom stereocenters. The second-order valence-corrected chi connectivity index (χ2v) is 0. The van der Waals surface area contributed by atoms with Crippen molar-refractivity contribution in [1.29, 1.82) is 0 Å². The van der Waals surface area contributed by atoms with Crippen molar-refractivity contribution >= 4 is 28.3 Å². The number of hydrogen-bond acceptors (Lipinski definition) is 0. The summed E-state index contributed by atoms with van der Waals surface area (Å²) >= 11 is 0. The van der Waals surface area contributed by atoms with Gasteiger partial charge in [-0.15, -0.1) is 0 Å². The zero-order chi connectivity index (χ0) is 0. The Morgan fingerprint density at radius 1 is 1.00 bits per heavy atom. The van der Waals surface area contributed by atoms with Crippen molar-refractivity contribution in [1.82, 2.24) is 0 Å². The first kappa shape index (κ1) is 50.9. The van der Waals surface area contributed by atoms with Gasteiger partial charge in [0.05, 0.1) is 0 Å². The molecule has 0 fully saturated rings. The molecule has 0 amide bonds. The molecule has 0 saturated heterocycles. The van der Waals surface area contributed by atoms with Crippen LogP contribution in [0, 0.1) is 0 Å². The summed E-state index contributed by atoms with van der Waals surface area (Å²) in [5.41, 5.74) is 0. The standard InChI is InChI=1S/Al.Cr.Fe.Mo.Si. The zero-order valence-corrected chi connectivity index (χ0v) is 8.79. The summed E-state index contributed by atoms with van der Waals surface area (Å²) in [6.07, 6.45) is 0. The Morgan fingerprint density at radius 2 is 1.00 bits per heavy atom. The van der Waals surface area contributed by atoms with E-state index in [2.05, 4.69) is 0 Å². The Kier molecular flexibility index (Phi) is 321. The fourth-order valence-electron chi connectivity index (χ4n) is 0. The van der Waals surface area contributed by atoms with Crippen molar-refractivity contribution in [2.24, 2.45) is 0 Å². The van der Waals surface area contributed by atoms with Gasteiger partial charge in [0.1, 0.15) is 0 Å². The van der Waals surface area contributed by atoms with Crippen molar-refractivity contribution in [3.05, 3.63) is 0 Å². The van der Waals surface area contributed by atoms with Gasteiger partial charge in [0.2, 0.25) is 0 Å². The van der Waals surface area contributed by atoms with E-state index in [0.29, 0.717) is 0 Å². The Bertz CT molecular complexity index is 11.6. The fourth-order valence-corrected chi connectivity index (χ4v) is 0. The summed E-state index contributed by atoms with van der Waals surface area (Å²) in [4.78, 5) is 0. The molecule has 0 aromatic carbocycles. The average molecular weight is 259 g/mol. The third kappa shape index (κ3) is 21.1. The Labute approximate surface area is 82.9 Å². The van der Waals surface area contributed by atoms with Gasteiger partial charge in [0, 0.05) is 83.8 Å². The van der Waals surface area contributed by atoms with Crippen LogP contribution in [0.4, 0.5) is 0 Å². The summed E-state index contributed by atoms with van der Waals surface area (Å²) < 4.78 is 0. The Balaban J connectivity index is 0. The molecule has 0 nitrogen and oxygen atoms in total. The van der Waals surface area contributed by atoms with E-state index in [1.165, 1.54) is 0 Å². The van der Waals surface area contributed by atoms with E-state index in [1.807, 2.05) is 0 Å². The van der Waals surface area contributed by atoms with Crippen molar-refractivity contribution in [2.75, 3.05) is 0 Å². The largest absolute Gasteiger partial charge is 0 e. The predicted octanol–water partition coefficient (Wildman–Crippen LogP) is -0.769. The molecule has 0 aliphatic heterocycles. The Morgan fingerprint density at radius 3 is 1.00 bits per heavy atom. The van der Waals surface area contributed by atoms with Crippen LogP contribution in [0.5, 0.6) is 0 Å². The molecule has 0 N–H and O–H groups in total. The quantitative estimate of drug-likeness (QED) is 0.501. The molecule has 0 aliphatic rings. The summed E-state index contributed by atoms with van der Waals surface area (Å²) in [6, 6.07) is 0. The smallest absolute Gasteiger partial charge is 0 e. The van der Waals surface area contributed by atoms with Crippen molar-refractivity contribution in [3.63, 3.8) is 0 Å². The van der Waals surface area contributed by atoms with Crippen molar-refractivity contribution in [3.8, 4) is 0 Å². The molecule has 7 radical (unpaired) electrons. The summed E-state index contributed by atoms with van der Waals surface area (Å²) in [5.74, 6) is 0. The van der Waals surface area contributed by atoms with Gasteiger partial charge in [0.15, 0.2) is 0 Å². The van der Waals surface area contributed by atoms with Gasteiger partial charge in [-0.2, -0.15) is 0 Å². The molecule has 0 aliphatic carbocycles. The second-order valence-electron chi connectivity index (χ2n) is 0. The Hall–Kier alpha value is 2.49. The van der Waals surface area contributed by atoms with Gasteiger partial charge in [0.25, 0.3) is 0 Å². The van der Waals surface area contributed by atoms with Gasteiger partial charge < -0.3 is 0 Å². The fraction of sp³-hybridized carbons (Fsp3) is 0. The number of rotatable bonds is 0. The third-order valence-corrected chi connectivity index (χ3v) is 0. The average Bonchev–Trinajstić information content (AvgIpc) is 0. The zero-order valence-electron chi connectivity index (χ0n) is 2.25. The second kappa shape index (κ2) is 31.6. The molecule has 27 valence electrons. The molecule has 0 spiro atoms. The van der Waals surface area contributed by atoms with Crippen LogP contribution in [0.25, 0.3) is 0 Å². The van der Waals surface area contributed by atoms with Crippen molar-refractivity contribution in [2.45, 2.75) is 0 Å². The molecule has 0 bridgehead atoms. The SMILES string of the molecule is [Al].[Cr].[Fe].[Mo].[Si]. The third-order valence-electron chi connectivity index (χ3n) is 0. The minimum Gasteiger partial charge on any atom is 0 e. The van der Waals surface area contributed by atoms with Gasteiger partial charge >= 0.3 is 0 Å². The van der Waals surface area contributed by atoms with E-state index in [-0.39, 0.29) is 83.8 Å². The van der Waals surface area contributed by atoms with Crippen LogP contribution >= 0.6 is 0 Å². The molecule has 5 heteroatoms.